The minimum atomic E-state index is -0.903. The average Bonchev–Trinajstić information content (AvgIpc) is 2.58. The molecular weight excluding hydrogens is 362 g/mol. The number of ether oxygens (including phenoxy) is 1. The van der Waals surface area contributed by atoms with E-state index in [1.54, 1.807) is 32.9 Å². The molecule has 1 amide bonds. The van der Waals surface area contributed by atoms with Gasteiger partial charge in [-0.25, -0.2) is 4.79 Å². The van der Waals surface area contributed by atoms with E-state index in [0.717, 1.165) is 5.56 Å². The zero-order valence-corrected chi connectivity index (χ0v) is 16.6. The molecule has 28 heavy (non-hydrogen) atoms. The molecule has 1 rings (SSSR count). The normalized spacial score (nSPS) is 13.3. The van der Waals surface area contributed by atoms with Crippen molar-refractivity contribution in [3.63, 3.8) is 0 Å². The number of phenols is 1. The van der Waals surface area contributed by atoms with Crippen LogP contribution in [0.3, 0.4) is 0 Å². The molecule has 9 heteroatoms. The number of phenolic OH excluding ortho intramolecular Hbond substituents is 1. The molecule has 0 fully saturated rings. The highest BCUT2D eigenvalue weighted by Gasteiger charge is 2.28. The second kappa shape index (κ2) is 10.5. The van der Waals surface area contributed by atoms with Crippen molar-refractivity contribution in [2.45, 2.75) is 57.7 Å². The van der Waals surface area contributed by atoms with E-state index in [4.69, 9.17) is 21.9 Å². The molecule has 0 heterocycles. The summed E-state index contributed by atoms with van der Waals surface area (Å²) in [5.74, 6) is -0.915. The van der Waals surface area contributed by atoms with E-state index in [1.807, 2.05) is 0 Å². The number of guanidine groups is 1. The number of benzene rings is 1. The van der Waals surface area contributed by atoms with Crippen molar-refractivity contribution in [3.8, 4) is 5.75 Å². The quantitative estimate of drug-likeness (QED) is 0.172. The number of hydrogen-bond donors (Lipinski definition) is 5. The van der Waals surface area contributed by atoms with Gasteiger partial charge in [0.05, 0.1) is 6.04 Å². The molecule has 0 saturated heterocycles. The van der Waals surface area contributed by atoms with Crippen molar-refractivity contribution >= 4 is 17.8 Å². The molecule has 1 aromatic carbocycles. The lowest BCUT2D eigenvalue weighted by atomic mass is 10.0. The SMILES string of the molecule is CC(C)(C)OC(=O)[C@H](Cc1ccc(O)cc1)NC(=O)[C@@H](N)CCCN=C(N)N. The molecule has 0 radical (unpaired) electrons. The predicted octanol–water partition coefficient (Wildman–Crippen LogP) is 0.142. The molecule has 2 atom stereocenters. The first-order valence-corrected chi connectivity index (χ1v) is 9.10. The molecule has 8 N–H and O–H groups in total. The van der Waals surface area contributed by atoms with Gasteiger partial charge in [0.25, 0.3) is 0 Å². The van der Waals surface area contributed by atoms with E-state index in [1.165, 1.54) is 12.1 Å². The summed E-state index contributed by atoms with van der Waals surface area (Å²) in [7, 11) is 0. The highest BCUT2D eigenvalue weighted by Crippen LogP contribution is 2.14. The van der Waals surface area contributed by atoms with Crippen molar-refractivity contribution in [3.05, 3.63) is 29.8 Å². The summed E-state index contributed by atoms with van der Waals surface area (Å²) < 4.78 is 5.41. The van der Waals surface area contributed by atoms with Crippen LogP contribution in [0.1, 0.15) is 39.2 Å². The van der Waals surface area contributed by atoms with Gasteiger partial charge < -0.3 is 32.4 Å². The van der Waals surface area contributed by atoms with Gasteiger partial charge in [-0.1, -0.05) is 12.1 Å². The van der Waals surface area contributed by atoms with Crippen LogP contribution in [0.25, 0.3) is 0 Å². The van der Waals surface area contributed by atoms with Crippen LogP contribution in [0.15, 0.2) is 29.3 Å². The Balaban J connectivity index is 2.77. The van der Waals surface area contributed by atoms with Gasteiger partial charge >= 0.3 is 5.97 Å². The third kappa shape index (κ3) is 9.22. The maximum atomic E-state index is 12.6. The van der Waals surface area contributed by atoms with Crippen molar-refractivity contribution in [1.29, 1.82) is 0 Å². The molecule has 0 aliphatic rings. The van der Waals surface area contributed by atoms with Crippen LogP contribution in [0, 0.1) is 0 Å². The Bertz CT molecular complexity index is 679. The number of esters is 1. The number of rotatable bonds is 9. The van der Waals surface area contributed by atoms with Crippen LogP contribution in [-0.4, -0.2) is 47.2 Å². The summed E-state index contributed by atoms with van der Waals surface area (Å²) in [6.45, 7) is 5.62. The molecule has 0 saturated carbocycles. The lowest BCUT2D eigenvalue weighted by Crippen LogP contribution is -2.50. The topological polar surface area (TPSA) is 166 Å². The van der Waals surface area contributed by atoms with Crippen LogP contribution in [0.4, 0.5) is 0 Å². The lowest BCUT2D eigenvalue weighted by molar-refractivity contribution is -0.158. The summed E-state index contributed by atoms with van der Waals surface area (Å²) >= 11 is 0. The average molecular weight is 393 g/mol. The van der Waals surface area contributed by atoms with E-state index in [9.17, 15) is 14.7 Å². The number of nitrogens with one attached hydrogen (secondary N) is 1. The first-order chi connectivity index (χ1) is 13.0. The Kier molecular flexibility index (Phi) is 8.72. The fourth-order valence-electron chi connectivity index (χ4n) is 2.36. The van der Waals surface area contributed by atoms with Gasteiger partial charge in [-0.05, 0) is 51.3 Å². The third-order valence-corrected chi connectivity index (χ3v) is 3.69. The van der Waals surface area contributed by atoms with Gasteiger partial charge in [0.2, 0.25) is 5.91 Å². The van der Waals surface area contributed by atoms with E-state index < -0.39 is 29.6 Å². The van der Waals surface area contributed by atoms with Gasteiger partial charge in [-0.3, -0.25) is 9.79 Å². The molecule has 0 spiro atoms. The number of amides is 1. The first-order valence-electron chi connectivity index (χ1n) is 9.10. The fraction of sp³-hybridized carbons (Fsp3) is 0.526. The van der Waals surface area contributed by atoms with Crippen LogP contribution < -0.4 is 22.5 Å². The molecule has 0 unspecified atom stereocenters. The second-order valence-electron chi connectivity index (χ2n) is 7.52. The summed E-state index contributed by atoms with van der Waals surface area (Å²) in [5, 5.41) is 12.1. The maximum Gasteiger partial charge on any atom is 0.329 e. The standard InChI is InChI=1S/C19H31N5O4/c1-19(2,3)28-17(27)15(11-12-6-8-13(25)9-7-12)24-16(26)14(20)5-4-10-23-18(21)22/h6-9,14-15,25H,4-5,10-11,20H2,1-3H3,(H,24,26)(H4,21,22,23)/t14-,15-/m0/s1. The number of nitrogens with two attached hydrogens (primary N) is 3. The summed E-state index contributed by atoms with van der Waals surface area (Å²) in [4.78, 5) is 28.8. The van der Waals surface area contributed by atoms with Gasteiger partial charge in [-0.2, -0.15) is 0 Å². The Labute approximate surface area is 165 Å². The minimum absolute atomic E-state index is 0.0167. The zero-order valence-electron chi connectivity index (χ0n) is 16.6. The number of aliphatic imine (C=N–C) groups is 1. The summed E-state index contributed by atoms with van der Waals surface area (Å²) in [6.07, 6.45) is 1.10. The Morgan fingerprint density at radius 2 is 1.82 bits per heavy atom. The number of carbonyl (C=O) groups excluding carboxylic acids is 2. The van der Waals surface area contributed by atoms with E-state index in [0.29, 0.717) is 19.4 Å². The third-order valence-electron chi connectivity index (χ3n) is 3.69. The number of aromatic hydroxyl groups is 1. The Morgan fingerprint density at radius 1 is 1.21 bits per heavy atom. The lowest BCUT2D eigenvalue weighted by Gasteiger charge is -2.25. The van der Waals surface area contributed by atoms with Gasteiger partial charge in [0, 0.05) is 13.0 Å². The first kappa shape index (κ1) is 23.2. The Hall–Kier alpha value is -2.81. The number of nitrogens with zero attached hydrogens (tertiary/aromatic N) is 1. The second-order valence-corrected chi connectivity index (χ2v) is 7.52. The Morgan fingerprint density at radius 3 is 2.36 bits per heavy atom. The molecule has 0 aliphatic heterocycles. The summed E-state index contributed by atoms with van der Waals surface area (Å²) in [5.41, 5.74) is 16.5. The van der Waals surface area contributed by atoms with Gasteiger partial charge in [0.1, 0.15) is 17.4 Å². The molecule has 9 nitrogen and oxygen atoms in total. The number of carbonyl (C=O) groups is 2. The van der Waals surface area contributed by atoms with Crippen molar-refractivity contribution in [2.24, 2.45) is 22.2 Å². The highest BCUT2D eigenvalue weighted by molar-refractivity contribution is 5.87. The molecule has 156 valence electrons. The minimum Gasteiger partial charge on any atom is -0.508 e. The molecule has 1 aromatic rings. The summed E-state index contributed by atoms with van der Waals surface area (Å²) in [6, 6.07) is 4.67. The number of hydrogen-bond acceptors (Lipinski definition) is 6. The van der Waals surface area contributed by atoms with Crippen LogP contribution >= 0.6 is 0 Å². The van der Waals surface area contributed by atoms with Crippen LogP contribution in [0.2, 0.25) is 0 Å². The van der Waals surface area contributed by atoms with Crippen molar-refractivity contribution < 1.29 is 19.4 Å². The monoisotopic (exact) mass is 393 g/mol. The highest BCUT2D eigenvalue weighted by atomic mass is 16.6. The largest absolute Gasteiger partial charge is 0.508 e. The van der Waals surface area contributed by atoms with E-state index >= 15 is 0 Å². The molecule has 0 aliphatic carbocycles. The zero-order chi connectivity index (χ0) is 21.3. The van der Waals surface area contributed by atoms with Gasteiger partial charge in [0.15, 0.2) is 5.96 Å². The van der Waals surface area contributed by atoms with Crippen molar-refractivity contribution in [1.82, 2.24) is 5.32 Å². The van der Waals surface area contributed by atoms with Crippen LogP contribution in [-0.2, 0) is 20.7 Å². The molecular formula is C19H31N5O4. The van der Waals surface area contributed by atoms with Crippen molar-refractivity contribution in [2.75, 3.05) is 6.54 Å². The molecule has 0 bridgehead atoms. The molecule has 0 aromatic heterocycles. The van der Waals surface area contributed by atoms with E-state index in [2.05, 4.69) is 10.3 Å². The van der Waals surface area contributed by atoms with E-state index in [-0.39, 0.29) is 18.1 Å². The fourth-order valence-corrected chi connectivity index (χ4v) is 2.36. The smallest absolute Gasteiger partial charge is 0.329 e. The predicted molar refractivity (Wildman–Crippen MR) is 107 cm³/mol. The van der Waals surface area contributed by atoms with Crippen LogP contribution in [0.5, 0.6) is 5.75 Å². The van der Waals surface area contributed by atoms with Gasteiger partial charge in [-0.15, -0.1) is 0 Å². The maximum absolute atomic E-state index is 12.6.